The molecule has 2 aliphatic rings. The van der Waals surface area contributed by atoms with E-state index in [9.17, 15) is 0 Å². The Bertz CT molecular complexity index is 747. The first-order chi connectivity index (χ1) is 11.1. The monoisotopic (exact) mass is 313 g/mol. The number of nitrogens with two attached hydrogens (primary N) is 1. The zero-order chi connectivity index (χ0) is 16.1. The van der Waals surface area contributed by atoms with Crippen LogP contribution in [-0.4, -0.2) is 53.2 Å². The van der Waals surface area contributed by atoms with Crippen LogP contribution in [0.5, 0.6) is 5.75 Å². The van der Waals surface area contributed by atoms with Crippen molar-refractivity contribution in [3.8, 4) is 5.75 Å². The summed E-state index contributed by atoms with van der Waals surface area (Å²) in [6.45, 7) is 6.23. The highest BCUT2D eigenvalue weighted by Crippen LogP contribution is 2.45. The molecule has 2 N–H and O–H groups in total. The van der Waals surface area contributed by atoms with Gasteiger partial charge in [0.2, 0.25) is 0 Å². The Hall–Kier alpha value is -2.08. The van der Waals surface area contributed by atoms with Crippen molar-refractivity contribution in [3.05, 3.63) is 18.5 Å². The molecule has 6 nitrogen and oxygen atoms in total. The maximum Gasteiger partial charge on any atom is 0.143 e. The third-order valence-electron chi connectivity index (χ3n) is 4.99. The highest BCUT2D eigenvalue weighted by molar-refractivity contribution is 6.02. The summed E-state index contributed by atoms with van der Waals surface area (Å²) in [7, 11) is 2.20. The van der Waals surface area contributed by atoms with Crippen molar-refractivity contribution >= 4 is 22.4 Å². The molecular weight excluding hydrogens is 290 g/mol. The SMILES string of the molecule is CC(C)Oc1ccc2ncnc(N)c2c1N1C[C@H]2[C@@H]1CCN2C. The van der Waals surface area contributed by atoms with Crippen LogP contribution >= 0.6 is 0 Å². The third-order valence-corrected chi connectivity index (χ3v) is 4.99. The van der Waals surface area contributed by atoms with Crippen molar-refractivity contribution in [1.29, 1.82) is 0 Å². The summed E-state index contributed by atoms with van der Waals surface area (Å²) in [6, 6.07) is 5.13. The third kappa shape index (κ3) is 2.20. The molecule has 1 aromatic heterocycles. The van der Waals surface area contributed by atoms with E-state index in [1.165, 1.54) is 12.7 Å². The first kappa shape index (κ1) is 14.5. The molecule has 1 aromatic carbocycles. The average Bonchev–Trinajstić information content (AvgIpc) is 2.75. The Labute approximate surface area is 136 Å². The van der Waals surface area contributed by atoms with Crippen molar-refractivity contribution in [2.24, 2.45) is 0 Å². The van der Waals surface area contributed by atoms with Gasteiger partial charge in [-0.25, -0.2) is 9.97 Å². The summed E-state index contributed by atoms with van der Waals surface area (Å²) in [5.74, 6) is 1.40. The zero-order valence-electron chi connectivity index (χ0n) is 13.9. The summed E-state index contributed by atoms with van der Waals surface area (Å²) in [6.07, 6.45) is 2.80. The van der Waals surface area contributed by atoms with Gasteiger partial charge in [-0.05, 0) is 39.4 Å². The van der Waals surface area contributed by atoms with E-state index in [0.29, 0.717) is 17.9 Å². The molecular formula is C17H23N5O. The number of aromatic nitrogens is 2. The smallest absolute Gasteiger partial charge is 0.143 e. The molecule has 122 valence electrons. The standard InChI is InChI=1S/C17H23N5O/c1-10(2)23-14-5-4-11-15(17(18)20-9-19-11)16(14)22-8-13-12(22)6-7-21(13)3/h4-5,9-10,12-13H,6-8H2,1-3H3,(H2,18,19,20)/t12-,13-/m0/s1. The Morgan fingerprint density at radius 2 is 2.09 bits per heavy atom. The Morgan fingerprint density at radius 3 is 2.83 bits per heavy atom. The Balaban J connectivity index is 1.85. The van der Waals surface area contributed by atoms with Crippen LogP contribution in [-0.2, 0) is 0 Å². The van der Waals surface area contributed by atoms with E-state index in [-0.39, 0.29) is 6.10 Å². The second-order valence-corrected chi connectivity index (χ2v) is 6.79. The second-order valence-electron chi connectivity index (χ2n) is 6.79. The molecule has 0 spiro atoms. The van der Waals surface area contributed by atoms with E-state index in [2.05, 4.69) is 26.8 Å². The molecule has 0 aliphatic carbocycles. The highest BCUT2D eigenvalue weighted by atomic mass is 16.5. The van der Waals surface area contributed by atoms with Gasteiger partial charge in [0.1, 0.15) is 17.9 Å². The van der Waals surface area contributed by atoms with Crippen molar-refractivity contribution in [3.63, 3.8) is 0 Å². The number of nitrogens with zero attached hydrogens (tertiary/aromatic N) is 4. The fourth-order valence-corrected chi connectivity index (χ4v) is 3.84. The van der Waals surface area contributed by atoms with E-state index in [1.807, 2.05) is 26.0 Å². The molecule has 4 rings (SSSR count). The molecule has 2 fully saturated rings. The average molecular weight is 313 g/mol. The minimum absolute atomic E-state index is 0.111. The topological polar surface area (TPSA) is 67.5 Å². The number of benzene rings is 1. The van der Waals surface area contributed by atoms with Crippen molar-refractivity contribution in [2.75, 3.05) is 30.8 Å². The van der Waals surface area contributed by atoms with Crippen LogP contribution in [0.25, 0.3) is 10.9 Å². The highest BCUT2D eigenvalue weighted by Gasteiger charge is 2.46. The lowest BCUT2D eigenvalue weighted by molar-refractivity contribution is 0.228. The Kier molecular flexibility index (Phi) is 3.30. The first-order valence-electron chi connectivity index (χ1n) is 8.23. The van der Waals surface area contributed by atoms with Crippen molar-refractivity contribution in [2.45, 2.75) is 38.5 Å². The number of likely N-dealkylation sites (N-methyl/N-ethyl adjacent to an activating group) is 1. The molecule has 3 heterocycles. The summed E-state index contributed by atoms with van der Waals surface area (Å²) < 4.78 is 6.07. The molecule has 0 unspecified atom stereocenters. The van der Waals surface area contributed by atoms with Gasteiger partial charge in [0.05, 0.1) is 22.7 Å². The van der Waals surface area contributed by atoms with Gasteiger partial charge in [0.25, 0.3) is 0 Å². The van der Waals surface area contributed by atoms with E-state index >= 15 is 0 Å². The molecule has 6 heteroatoms. The molecule has 2 atom stereocenters. The lowest BCUT2D eigenvalue weighted by atomic mass is 9.94. The van der Waals surface area contributed by atoms with Crippen LogP contribution in [0.4, 0.5) is 11.5 Å². The van der Waals surface area contributed by atoms with Crippen LogP contribution in [0.15, 0.2) is 18.5 Å². The number of rotatable bonds is 3. The largest absolute Gasteiger partial charge is 0.489 e. The molecule has 0 amide bonds. The van der Waals surface area contributed by atoms with Crippen LogP contribution in [0.3, 0.4) is 0 Å². The van der Waals surface area contributed by atoms with Gasteiger partial charge in [-0.3, -0.25) is 4.90 Å². The number of fused-ring (bicyclic) bond motifs is 2. The molecule has 2 aliphatic heterocycles. The van der Waals surface area contributed by atoms with Gasteiger partial charge in [0.15, 0.2) is 0 Å². The number of hydrogen-bond donors (Lipinski definition) is 1. The maximum absolute atomic E-state index is 6.19. The summed E-state index contributed by atoms with van der Waals surface area (Å²) in [5.41, 5.74) is 8.13. The summed E-state index contributed by atoms with van der Waals surface area (Å²) >= 11 is 0. The lowest BCUT2D eigenvalue weighted by Crippen LogP contribution is -2.61. The predicted octanol–water partition coefficient (Wildman–Crippen LogP) is 1.89. The normalized spacial score (nSPS) is 24.1. The number of ether oxygens (including phenoxy) is 1. The van der Waals surface area contributed by atoms with Gasteiger partial charge in [-0.1, -0.05) is 0 Å². The number of likely N-dealkylation sites (tertiary alicyclic amines) is 1. The second kappa shape index (κ2) is 5.23. The molecule has 2 saturated heterocycles. The Morgan fingerprint density at radius 1 is 1.26 bits per heavy atom. The summed E-state index contributed by atoms with van der Waals surface area (Å²) in [5, 5.41) is 0.915. The van der Waals surface area contributed by atoms with E-state index in [1.54, 1.807) is 0 Å². The van der Waals surface area contributed by atoms with E-state index in [4.69, 9.17) is 10.5 Å². The minimum atomic E-state index is 0.111. The fraction of sp³-hybridized carbons (Fsp3) is 0.529. The zero-order valence-corrected chi connectivity index (χ0v) is 13.9. The van der Waals surface area contributed by atoms with E-state index in [0.717, 1.165) is 35.4 Å². The first-order valence-corrected chi connectivity index (χ1v) is 8.23. The molecule has 2 aromatic rings. The predicted molar refractivity (Wildman–Crippen MR) is 91.9 cm³/mol. The maximum atomic E-state index is 6.19. The van der Waals surface area contributed by atoms with E-state index < -0.39 is 0 Å². The van der Waals surface area contributed by atoms with Gasteiger partial charge in [-0.15, -0.1) is 0 Å². The van der Waals surface area contributed by atoms with Crippen LogP contribution in [0.2, 0.25) is 0 Å². The van der Waals surface area contributed by atoms with Gasteiger partial charge in [-0.2, -0.15) is 0 Å². The van der Waals surface area contributed by atoms with Gasteiger partial charge < -0.3 is 15.4 Å². The van der Waals surface area contributed by atoms with Crippen molar-refractivity contribution in [1.82, 2.24) is 14.9 Å². The van der Waals surface area contributed by atoms with Crippen LogP contribution in [0.1, 0.15) is 20.3 Å². The lowest BCUT2D eigenvalue weighted by Gasteiger charge is -2.48. The molecule has 0 saturated carbocycles. The van der Waals surface area contributed by atoms with Crippen LogP contribution in [0, 0.1) is 0 Å². The molecule has 23 heavy (non-hydrogen) atoms. The number of anilines is 2. The molecule has 0 bridgehead atoms. The fourth-order valence-electron chi connectivity index (χ4n) is 3.84. The number of hydrogen-bond acceptors (Lipinski definition) is 6. The minimum Gasteiger partial charge on any atom is -0.489 e. The van der Waals surface area contributed by atoms with Gasteiger partial charge >= 0.3 is 0 Å². The van der Waals surface area contributed by atoms with Crippen LogP contribution < -0.4 is 15.4 Å². The van der Waals surface area contributed by atoms with Gasteiger partial charge in [0, 0.05) is 25.2 Å². The number of nitrogen functional groups attached to an aromatic ring is 1. The van der Waals surface area contributed by atoms with Crippen molar-refractivity contribution < 1.29 is 4.74 Å². The quantitative estimate of drug-likeness (QED) is 0.933. The summed E-state index contributed by atoms with van der Waals surface area (Å²) in [4.78, 5) is 13.4. The molecule has 0 radical (unpaired) electrons.